The van der Waals surface area contributed by atoms with E-state index in [2.05, 4.69) is 10.3 Å². The van der Waals surface area contributed by atoms with E-state index < -0.39 is 23.8 Å². The van der Waals surface area contributed by atoms with Crippen LogP contribution in [0.15, 0.2) is 65.4 Å². The minimum absolute atomic E-state index is 0.00762. The molecule has 0 saturated heterocycles. The molecule has 0 bridgehead atoms. The fraction of sp³-hybridized carbons (Fsp3) is 0.158. The Labute approximate surface area is 157 Å². The van der Waals surface area contributed by atoms with E-state index in [9.17, 15) is 23.1 Å². The molecule has 0 fully saturated rings. The highest BCUT2D eigenvalue weighted by molar-refractivity contribution is 5.94. The van der Waals surface area contributed by atoms with Gasteiger partial charge in [0.1, 0.15) is 17.6 Å². The summed E-state index contributed by atoms with van der Waals surface area (Å²) < 4.78 is 48.0. The number of hydrogen-bond acceptors (Lipinski definition) is 5. The zero-order valence-corrected chi connectivity index (χ0v) is 14.3. The molecule has 0 radical (unpaired) electrons. The number of hydrogen-bond donors (Lipinski definition) is 2. The van der Waals surface area contributed by atoms with E-state index in [1.807, 2.05) is 0 Å². The van der Waals surface area contributed by atoms with Crippen molar-refractivity contribution in [3.63, 3.8) is 0 Å². The summed E-state index contributed by atoms with van der Waals surface area (Å²) in [6.07, 6.45) is -3.33. The van der Waals surface area contributed by atoms with E-state index in [0.29, 0.717) is 23.3 Å². The van der Waals surface area contributed by atoms with Gasteiger partial charge >= 0.3 is 6.18 Å². The molecule has 3 aromatic rings. The van der Waals surface area contributed by atoms with Crippen LogP contribution in [0, 0.1) is 0 Å². The summed E-state index contributed by atoms with van der Waals surface area (Å²) in [5, 5.41) is 12.4. The molecule has 2 aromatic heterocycles. The van der Waals surface area contributed by atoms with Crippen molar-refractivity contribution in [2.45, 2.75) is 12.3 Å². The van der Waals surface area contributed by atoms with E-state index in [-0.39, 0.29) is 12.4 Å². The van der Waals surface area contributed by atoms with Crippen molar-refractivity contribution in [2.75, 3.05) is 6.54 Å². The Balaban J connectivity index is 1.56. The number of aromatic nitrogens is 1. The SMILES string of the molecule is O=C(NCC(O)c1ccco1)c1ccc(Oc2ccc(C(F)(F)F)cn2)cc1. The number of pyridine rings is 1. The van der Waals surface area contributed by atoms with Crippen LogP contribution >= 0.6 is 0 Å². The Kier molecular flexibility index (Phi) is 5.65. The summed E-state index contributed by atoms with van der Waals surface area (Å²) in [6, 6.07) is 11.1. The van der Waals surface area contributed by atoms with Gasteiger partial charge in [0.15, 0.2) is 0 Å². The molecule has 1 unspecified atom stereocenters. The first-order valence-corrected chi connectivity index (χ1v) is 8.14. The molecule has 0 aliphatic rings. The zero-order chi connectivity index (χ0) is 20.1. The third kappa shape index (κ3) is 4.89. The summed E-state index contributed by atoms with van der Waals surface area (Å²) in [5.41, 5.74) is -0.553. The molecule has 28 heavy (non-hydrogen) atoms. The van der Waals surface area contributed by atoms with Crippen molar-refractivity contribution in [1.82, 2.24) is 10.3 Å². The summed E-state index contributed by atoms with van der Waals surface area (Å²) in [6.45, 7) is -0.0277. The lowest BCUT2D eigenvalue weighted by Gasteiger charge is -2.10. The normalized spacial score (nSPS) is 12.4. The number of aliphatic hydroxyl groups is 1. The van der Waals surface area contributed by atoms with Gasteiger partial charge < -0.3 is 19.6 Å². The standard InChI is InChI=1S/C19H15F3N2O4/c20-19(21,22)13-5-8-17(23-10-13)28-14-6-3-12(4-7-14)18(26)24-11-15(25)16-2-1-9-27-16/h1-10,15,25H,11H2,(H,24,26). The Hall–Kier alpha value is -3.33. The first kappa shape index (κ1) is 19.4. The smallest absolute Gasteiger partial charge is 0.417 e. The number of carbonyl (C=O) groups excluding carboxylic acids is 1. The van der Waals surface area contributed by atoms with Gasteiger partial charge in [-0.25, -0.2) is 4.98 Å². The highest BCUT2D eigenvalue weighted by atomic mass is 19.4. The summed E-state index contributed by atoms with van der Waals surface area (Å²) in [5.74, 6) is 0.226. The number of ether oxygens (including phenoxy) is 1. The third-order valence-electron chi connectivity index (χ3n) is 3.73. The number of nitrogens with zero attached hydrogens (tertiary/aromatic N) is 1. The summed E-state index contributed by atoms with van der Waals surface area (Å²) in [7, 11) is 0. The largest absolute Gasteiger partial charge is 0.467 e. The monoisotopic (exact) mass is 392 g/mol. The zero-order valence-electron chi connectivity index (χ0n) is 14.3. The van der Waals surface area contributed by atoms with Crippen LogP contribution in [0.25, 0.3) is 0 Å². The minimum atomic E-state index is -4.47. The van der Waals surface area contributed by atoms with Crippen molar-refractivity contribution in [1.29, 1.82) is 0 Å². The van der Waals surface area contributed by atoms with Gasteiger partial charge in [-0.3, -0.25) is 4.79 Å². The molecule has 2 N–H and O–H groups in total. The van der Waals surface area contributed by atoms with Crippen LogP contribution in [-0.4, -0.2) is 22.5 Å². The lowest BCUT2D eigenvalue weighted by Crippen LogP contribution is -2.28. The molecule has 3 rings (SSSR count). The van der Waals surface area contributed by atoms with Crippen LogP contribution in [0.4, 0.5) is 13.2 Å². The topological polar surface area (TPSA) is 84.6 Å². The van der Waals surface area contributed by atoms with Gasteiger partial charge in [0, 0.05) is 17.8 Å². The van der Waals surface area contributed by atoms with Crippen LogP contribution in [0.1, 0.15) is 27.8 Å². The second-order valence-corrected chi connectivity index (χ2v) is 5.75. The molecule has 146 valence electrons. The minimum Gasteiger partial charge on any atom is -0.467 e. The number of benzene rings is 1. The second-order valence-electron chi connectivity index (χ2n) is 5.75. The molecule has 2 heterocycles. The van der Waals surface area contributed by atoms with Crippen LogP contribution in [0.3, 0.4) is 0 Å². The van der Waals surface area contributed by atoms with Gasteiger partial charge in [-0.2, -0.15) is 13.2 Å². The number of furan rings is 1. The van der Waals surface area contributed by atoms with E-state index in [1.54, 1.807) is 12.1 Å². The van der Waals surface area contributed by atoms with Gasteiger partial charge in [0.2, 0.25) is 5.88 Å². The number of alkyl halides is 3. The maximum Gasteiger partial charge on any atom is 0.417 e. The van der Waals surface area contributed by atoms with Crippen molar-refractivity contribution in [3.8, 4) is 11.6 Å². The molecule has 0 saturated carbocycles. The van der Waals surface area contributed by atoms with E-state index in [0.717, 1.165) is 12.1 Å². The first-order chi connectivity index (χ1) is 13.3. The second kappa shape index (κ2) is 8.13. The van der Waals surface area contributed by atoms with Crippen LogP contribution in [0.2, 0.25) is 0 Å². The van der Waals surface area contributed by atoms with Gasteiger partial charge in [-0.15, -0.1) is 0 Å². The van der Waals surface area contributed by atoms with Gasteiger partial charge in [0.05, 0.1) is 18.4 Å². The molecule has 1 aromatic carbocycles. The van der Waals surface area contributed by atoms with Crippen molar-refractivity contribution in [2.24, 2.45) is 0 Å². The van der Waals surface area contributed by atoms with Crippen LogP contribution in [0.5, 0.6) is 11.6 Å². The van der Waals surface area contributed by atoms with Crippen molar-refractivity contribution >= 4 is 5.91 Å². The first-order valence-electron chi connectivity index (χ1n) is 8.14. The van der Waals surface area contributed by atoms with E-state index in [1.165, 1.54) is 30.5 Å². The molecule has 0 aliphatic carbocycles. The van der Waals surface area contributed by atoms with Gasteiger partial charge in [0.25, 0.3) is 5.91 Å². The number of aliphatic hydroxyl groups excluding tert-OH is 1. The lowest BCUT2D eigenvalue weighted by molar-refractivity contribution is -0.137. The molecule has 9 heteroatoms. The number of nitrogens with one attached hydrogen (secondary N) is 1. The predicted octanol–water partition coefficient (Wildman–Crippen LogP) is 3.95. The van der Waals surface area contributed by atoms with E-state index >= 15 is 0 Å². The number of carbonyl (C=O) groups is 1. The van der Waals surface area contributed by atoms with Crippen molar-refractivity contribution < 1.29 is 32.2 Å². The molecule has 0 spiro atoms. The molecule has 0 aliphatic heterocycles. The molecular weight excluding hydrogens is 377 g/mol. The van der Waals surface area contributed by atoms with Gasteiger partial charge in [-0.1, -0.05) is 0 Å². The summed E-state index contributed by atoms with van der Waals surface area (Å²) >= 11 is 0. The molecule has 1 amide bonds. The Morgan fingerprint density at radius 2 is 1.93 bits per heavy atom. The molecule has 6 nitrogen and oxygen atoms in total. The average Bonchev–Trinajstić information content (AvgIpc) is 3.21. The fourth-order valence-electron chi connectivity index (χ4n) is 2.28. The maximum absolute atomic E-state index is 12.5. The Morgan fingerprint density at radius 3 is 2.50 bits per heavy atom. The summed E-state index contributed by atoms with van der Waals surface area (Å²) in [4.78, 5) is 15.7. The number of rotatable bonds is 6. The molecular formula is C19H15F3N2O4. The Bertz CT molecular complexity index is 908. The fourth-order valence-corrected chi connectivity index (χ4v) is 2.28. The number of halogens is 3. The number of amides is 1. The lowest BCUT2D eigenvalue weighted by atomic mass is 10.2. The predicted molar refractivity (Wildman–Crippen MR) is 91.8 cm³/mol. The van der Waals surface area contributed by atoms with Crippen LogP contribution < -0.4 is 10.1 Å². The van der Waals surface area contributed by atoms with E-state index in [4.69, 9.17) is 9.15 Å². The highest BCUT2D eigenvalue weighted by Gasteiger charge is 2.30. The maximum atomic E-state index is 12.5. The highest BCUT2D eigenvalue weighted by Crippen LogP contribution is 2.30. The van der Waals surface area contributed by atoms with Crippen LogP contribution in [-0.2, 0) is 6.18 Å². The quantitative estimate of drug-likeness (QED) is 0.664. The Morgan fingerprint density at radius 1 is 1.18 bits per heavy atom. The van der Waals surface area contributed by atoms with Crippen molar-refractivity contribution in [3.05, 3.63) is 77.9 Å². The van der Waals surface area contributed by atoms with Gasteiger partial charge in [-0.05, 0) is 42.5 Å². The third-order valence-corrected chi connectivity index (χ3v) is 3.73. The molecule has 1 atom stereocenters. The average molecular weight is 392 g/mol.